The summed E-state index contributed by atoms with van der Waals surface area (Å²) < 4.78 is 0. The lowest BCUT2D eigenvalue weighted by Crippen LogP contribution is -2.50. The van der Waals surface area contributed by atoms with E-state index in [0.29, 0.717) is 0 Å². The molecule has 0 saturated heterocycles. The molecular weight excluding hydrogens is 136 g/mol. The Balaban J connectivity index is 2.11. The van der Waals surface area contributed by atoms with Crippen molar-refractivity contribution < 1.29 is 20.4 Å². The highest BCUT2D eigenvalue weighted by Crippen LogP contribution is 2.62. The fourth-order valence-electron chi connectivity index (χ4n) is 1.99. The van der Waals surface area contributed by atoms with Crippen LogP contribution in [-0.4, -0.2) is 44.8 Å². The van der Waals surface area contributed by atoms with Crippen molar-refractivity contribution in [2.75, 3.05) is 6.61 Å². The molecule has 2 rings (SSSR count). The van der Waals surface area contributed by atoms with E-state index in [1.54, 1.807) is 0 Å². The second kappa shape index (κ2) is 1.53. The van der Waals surface area contributed by atoms with Gasteiger partial charge in [0.15, 0.2) is 0 Å². The molecule has 0 heterocycles. The van der Waals surface area contributed by atoms with Crippen molar-refractivity contribution in [1.29, 1.82) is 0 Å². The largest absolute Gasteiger partial charge is 0.396 e. The molecule has 4 heteroatoms. The summed E-state index contributed by atoms with van der Waals surface area (Å²) in [5.74, 6) is -0.604. The maximum absolute atomic E-state index is 9.21. The molecule has 4 N–H and O–H groups in total. The normalized spacial score (nSPS) is 64.8. The van der Waals surface area contributed by atoms with Crippen LogP contribution in [0.4, 0.5) is 0 Å². The first-order valence-electron chi connectivity index (χ1n) is 3.33. The zero-order valence-electron chi connectivity index (χ0n) is 5.31. The molecule has 2 aliphatic rings. The highest BCUT2D eigenvalue weighted by molar-refractivity contribution is 5.30. The van der Waals surface area contributed by atoms with Crippen LogP contribution < -0.4 is 0 Å². The number of fused-ring (bicyclic) bond motifs is 1. The van der Waals surface area contributed by atoms with Gasteiger partial charge in [-0.3, -0.25) is 0 Å². The van der Waals surface area contributed by atoms with Crippen LogP contribution in [0.25, 0.3) is 0 Å². The van der Waals surface area contributed by atoms with Crippen LogP contribution in [0.15, 0.2) is 0 Å². The van der Waals surface area contributed by atoms with Crippen molar-refractivity contribution in [3.05, 3.63) is 0 Å². The van der Waals surface area contributed by atoms with Crippen LogP contribution in [0.1, 0.15) is 0 Å². The van der Waals surface area contributed by atoms with Gasteiger partial charge >= 0.3 is 0 Å². The van der Waals surface area contributed by atoms with Gasteiger partial charge in [-0.1, -0.05) is 0 Å². The van der Waals surface area contributed by atoms with E-state index in [9.17, 15) is 5.11 Å². The van der Waals surface area contributed by atoms with Crippen molar-refractivity contribution >= 4 is 0 Å². The average molecular weight is 146 g/mol. The molecule has 10 heavy (non-hydrogen) atoms. The molecule has 0 spiro atoms. The molecule has 0 aromatic heterocycles. The zero-order chi connectivity index (χ0) is 7.52. The number of hydrogen-bond acceptors (Lipinski definition) is 4. The van der Waals surface area contributed by atoms with Crippen molar-refractivity contribution in [2.24, 2.45) is 11.8 Å². The molecule has 5 atom stereocenters. The third-order valence-electron chi connectivity index (χ3n) is 2.79. The molecule has 0 aromatic carbocycles. The van der Waals surface area contributed by atoms with Gasteiger partial charge in [0, 0.05) is 18.4 Å². The second-order valence-electron chi connectivity index (χ2n) is 3.15. The van der Waals surface area contributed by atoms with Gasteiger partial charge in [-0.05, 0) is 0 Å². The predicted molar refractivity (Wildman–Crippen MR) is 31.0 cm³/mol. The van der Waals surface area contributed by atoms with Gasteiger partial charge in [0.25, 0.3) is 0 Å². The van der Waals surface area contributed by atoms with Crippen LogP contribution in [0, 0.1) is 11.8 Å². The van der Waals surface area contributed by atoms with E-state index >= 15 is 0 Å². The molecule has 0 bridgehead atoms. The maximum Gasteiger partial charge on any atom is 0.123 e. The van der Waals surface area contributed by atoms with Crippen LogP contribution in [-0.2, 0) is 0 Å². The molecule has 0 aliphatic heterocycles. The Morgan fingerprint density at radius 3 is 2.00 bits per heavy atom. The summed E-state index contributed by atoms with van der Waals surface area (Å²) in [5, 5.41) is 35.9. The molecule has 2 aliphatic carbocycles. The number of hydrogen-bond donors (Lipinski definition) is 4. The standard InChI is InChI=1S/C6H10O4/c7-1-2-3-5(9)6(3,10)4(2)8/h2-5,7-10H,1H2/t2?,3?,4?,5-,6-/m0/s1. The van der Waals surface area contributed by atoms with Gasteiger partial charge in [0.1, 0.15) is 5.60 Å². The monoisotopic (exact) mass is 146 g/mol. The second-order valence-corrected chi connectivity index (χ2v) is 3.15. The summed E-state index contributed by atoms with van der Waals surface area (Å²) in [6, 6.07) is 0. The highest BCUT2D eigenvalue weighted by atomic mass is 16.4. The van der Waals surface area contributed by atoms with Gasteiger partial charge in [-0.15, -0.1) is 0 Å². The molecule has 58 valence electrons. The smallest absolute Gasteiger partial charge is 0.123 e. The van der Waals surface area contributed by atoms with Crippen LogP contribution in [0.3, 0.4) is 0 Å². The van der Waals surface area contributed by atoms with Gasteiger partial charge in [0.2, 0.25) is 0 Å². The van der Waals surface area contributed by atoms with Crippen molar-refractivity contribution in [3.8, 4) is 0 Å². The Labute approximate surface area is 57.7 Å². The van der Waals surface area contributed by atoms with Gasteiger partial charge in [-0.2, -0.15) is 0 Å². The maximum atomic E-state index is 9.21. The first kappa shape index (κ1) is 6.54. The summed E-state index contributed by atoms with van der Waals surface area (Å²) in [5.41, 5.74) is -1.27. The quantitative estimate of drug-likeness (QED) is 0.335. The Hall–Kier alpha value is -0.160. The first-order chi connectivity index (χ1) is 4.64. The first-order valence-corrected chi connectivity index (χ1v) is 3.33. The van der Waals surface area contributed by atoms with Crippen molar-refractivity contribution in [3.63, 3.8) is 0 Å². The van der Waals surface area contributed by atoms with E-state index in [0.717, 1.165) is 0 Å². The summed E-state index contributed by atoms with van der Waals surface area (Å²) in [7, 11) is 0. The van der Waals surface area contributed by atoms with Gasteiger partial charge in [-0.25, -0.2) is 0 Å². The van der Waals surface area contributed by atoms with Crippen LogP contribution in [0.2, 0.25) is 0 Å². The van der Waals surface area contributed by atoms with Crippen molar-refractivity contribution in [2.45, 2.75) is 17.8 Å². The third kappa shape index (κ3) is 0.412. The molecule has 0 amide bonds. The zero-order valence-corrected chi connectivity index (χ0v) is 5.31. The molecular formula is C6H10O4. The lowest BCUT2D eigenvalue weighted by atomic mass is 9.80. The van der Waals surface area contributed by atoms with Crippen LogP contribution >= 0.6 is 0 Å². The van der Waals surface area contributed by atoms with E-state index in [4.69, 9.17) is 15.3 Å². The van der Waals surface area contributed by atoms with E-state index in [1.807, 2.05) is 0 Å². The Bertz CT molecular complexity index is 163. The van der Waals surface area contributed by atoms with Gasteiger partial charge in [0.05, 0.1) is 12.2 Å². The minimum Gasteiger partial charge on any atom is -0.396 e. The third-order valence-corrected chi connectivity index (χ3v) is 2.79. The van der Waals surface area contributed by atoms with Gasteiger partial charge < -0.3 is 20.4 Å². The lowest BCUT2D eigenvalue weighted by molar-refractivity contribution is -0.131. The minimum atomic E-state index is -1.27. The fourth-order valence-corrected chi connectivity index (χ4v) is 1.99. The molecule has 2 fully saturated rings. The highest BCUT2D eigenvalue weighted by Gasteiger charge is 2.81. The predicted octanol–water partition coefficient (Wildman–Crippen LogP) is -2.31. The Morgan fingerprint density at radius 2 is 1.80 bits per heavy atom. The molecule has 2 saturated carbocycles. The average Bonchev–Trinajstić information content (AvgIpc) is 2.39. The SMILES string of the molecule is OCC1C(O)[C@@]2(O)C1[C@@H]2O. The summed E-state index contributed by atoms with van der Waals surface area (Å²) in [6.07, 6.45) is -1.75. The Morgan fingerprint density at radius 1 is 1.20 bits per heavy atom. The summed E-state index contributed by atoms with van der Waals surface area (Å²) in [6.45, 7) is -0.162. The van der Waals surface area contributed by atoms with E-state index < -0.39 is 17.8 Å². The van der Waals surface area contributed by atoms with Crippen molar-refractivity contribution in [1.82, 2.24) is 0 Å². The number of aliphatic hydroxyl groups excluding tert-OH is 3. The molecule has 4 nitrogen and oxygen atoms in total. The summed E-state index contributed by atoms with van der Waals surface area (Å²) >= 11 is 0. The van der Waals surface area contributed by atoms with Crippen LogP contribution in [0.5, 0.6) is 0 Å². The van der Waals surface area contributed by atoms with E-state index in [-0.39, 0.29) is 18.4 Å². The van der Waals surface area contributed by atoms with E-state index in [1.165, 1.54) is 0 Å². The molecule has 0 aromatic rings. The molecule has 0 radical (unpaired) electrons. The fraction of sp³-hybridized carbons (Fsp3) is 1.00. The Kier molecular flexibility index (Phi) is 1.00. The molecule has 3 unspecified atom stereocenters. The number of rotatable bonds is 1. The van der Waals surface area contributed by atoms with E-state index in [2.05, 4.69) is 0 Å². The minimum absolute atomic E-state index is 0.162. The summed E-state index contributed by atoms with van der Waals surface area (Å²) in [4.78, 5) is 0. The number of aliphatic hydroxyl groups is 4. The topological polar surface area (TPSA) is 80.9 Å². The lowest BCUT2D eigenvalue weighted by Gasteiger charge is -2.34.